The van der Waals surface area contributed by atoms with E-state index >= 15 is 0 Å². The van der Waals surface area contributed by atoms with Gasteiger partial charge in [-0.25, -0.2) is 4.98 Å². The van der Waals surface area contributed by atoms with E-state index in [0.717, 1.165) is 32.5 Å². The summed E-state index contributed by atoms with van der Waals surface area (Å²) >= 11 is 1.90. The number of aromatic nitrogens is 1. The van der Waals surface area contributed by atoms with Crippen molar-refractivity contribution >= 4 is 11.3 Å². The zero-order valence-electron chi connectivity index (χ0n) is 13.8. The van der Waals surface area contributed by atoms with Crippen LogP contribution in [0, 0.1) is 0 Å². The van der Waals surface area contributed by atoms with E-state index in [0.29, 0.717) is 5.92 Å². The first-order valence-corrected chi connectivity index (χ1v) is 9.43. The molecule has 0 fully saturated rings. The fraction of sp³-hybridized carbons (Fsp3) is 0.824. The largest absolute Gasteiger partial charge is 0.371 e. The Morgan fingerprint density at radius 3 is 2.90 bits per heavy atom. The third-order valence-corrected chi connectivity index (χ3v) is 5.32. The molecule has 0 bridgehead atoms. The number of ether oxygens (including phenoxy) is 1. The molecule has 1 aliphatic carbocycles. The molecule has 3 nitrogen and oxygen atoms in total. The molecule has 0 amide bonds. The van der Waals surface area contributed by atoms with Gasteiger partial charge in [-0.1, -0.05) is 20.3 Å². The van der Waals surface area contributed by atoms with Crippen LogP contribution in [0.1, 0.15) is 80.5 Å². The quantitative estimate of drug-likeness (QED) is 0.685. The minimum absolute atomic E-state index is 0.208. The summed E-state index contributed by atoms with van der Waals surface area (Å²) in [6.07, 6.45) is 7.43. The number of thiazole rings is 1. The van der Waals surface area contributed by atoms with Gasteiger partial charge in [-0.15, -0.1) is 11.3 Å². The number of hydrogen-bond donors (Lipinski definition) is 1. The molecule has 1 N–H and O–H groups in total. The van der Waals surface area contributed by atoms with Gasteiger partial charge in [0.2, 0.25) is 0 Å². The van der Waals surface area contributed by atoms with Gasteiger partial charge in [0.15, 0.2) is 0 Å². The maximum atomic E-state index is 5.91. The Hall–Kier alpha value is -0.450. The second-order valence-electron chi connectivity index (χ2n) is 5.89. The van der Waals surface area contributed by atoms with Crippen LogP contribution >= 0.6 is 11.3 Å². The number of aryl methyl sites for hydroxylation is 1. The lowest BCUT2D eigenvalue weighted by molar-refractivity contribution is 0.0554. The first-order valence-electron chi connectivity index (χ1n) is 8.61. The normalized spacial score (nSPS) is 19.5. The molecule has 1 heterocycles. The average molecular weight is 311 g/mol. The van der Waals surface area contributed by atoms with Crippen molar-refractivity contribution in [1.29, 1.82) is 0 Å². The molecule has 4 heteroatoms. The Labute approximate surface area is 133 Å². The summed E-state index contributed by atoms with van der Waals surface area (Å²) in [5.74, 6) is 0.606. The average Bonchev–Trinajstić information content (AvgIpc) is 2.92. The van der Waals surface area contributed by atoms with Crippen LogP contribution < -0.4 is 5.32 Å². The predicted molar refractivity (Wildman–Crippen MR) is 90.2 cm³/mol. The van der Waals surface area contributed by atoms with Gasteiger partial charge < -0.3 is 10.1 Å². The van der Waals surface area contributed by atoms with Crippen LogP contribution in [0.4, 0.5) is 0 Å². The zero-order chi connectivity index (χ0) is 15.1. The molecule has 2 atom stereocenters. The fourth-order valence-electron chi connectivity index (χ4n) is 3.06. The molecule has 120 valence electrons. The summed E-state index contributed by atoms with van der Waals surface area (Å²) in [7, 11) is 0. The Bertz CT molecular complexity index is 413. The van der Waals surface area contributed by atoms with Gasteiger partial charge in [0.25, 0.3) is 0 Å². The second kappa shape index (κ2) is 8.86. The highest BCUT2D eigenvalue weighted by Gasteiger charge is 2.26. The van der Waals surface area contributed by atoms with Crippen LogP contribution in [0.5, 0.6) is 0 Å². The second-order valence-corrected chi connectivity index (χ2v) is 7.00. The van der Waals surface area contributed by atoms with Crippen LogP contribution in [0.15, 0.2) is 0 Å². The van der Waals surface area contributed by atoms with Crippen molar-refractivity contribution < 1.29 is 4.74 Å². The Balaban J connectivity index is 2.09. The summed E-state index contributed by atoms with van der Waals surface area (Å²) in [5, 5.41) is 4.78. The van der Waals surface area contributed by atoms with E-state index < -0.39 is 0 Å². The zero-order valence-corrected chi connectivity index (χ0v) is 14.6. The maximum absolute atomic E-state index is 5.91. The highest BCUT2D eigenvalue weighted by atomic mass is 32.1. The van der Waals surface area contributed by atoms with Gasteiger partial charge in [0, 0.05) is 23.9 Å². The molecule has 1 aromatic rings. The summed E-state index contributed by atoms with van der Waals surface area (Å²) in [4.78, 5) is 6.52. The van der Waals surface area contributed by atoms with Crippen LogP contribution in [-0.2, 0) is 11.2 Å². The van der Waals surface area contributed by atoms with E-state index in [1.54, 1.807) is 0 Å². The first-order chi connectivity index (χ1) is 10.3. The number of rotatable bonds is 9. The van der Waals surface area contributed by atoms with Crippen molar-refractivity contribution in [3.8, 4) is 0 Å². The minimum Gasteiger partial charge on any atom is -0.371 e. The van der Waals surface area contributed by atoms with Gasteiger partial charge in [-0.05, 0) is 45.6 Å². The van der Waals surface area contributed by atoms with E-state index in [1.807, 2.05) is 11.3 Å². The van der Waals surface area contributed by atoms with Gasteiger partial charge in [-0.3, -0.25) is 0 Å². The molecule has 0 aliphatic heterocycles. The van der Waals surface area contributed by atoms with E-state index in [-0.39, 0.29) is 6.10 Å². The monoisotopic (exact) mass is 310 g/mol. The Morgan fingerprint density at radius 1 is 1.33 bits per heavy atom. The van der Waals surface area contributed by atoms with Gasteiger partial charge in [-0.2, -0.15) is 0 Å². The minimum atomic E-state index is 0.208. The number of hydrogen-bond acceptors (Lipinski definition) is 4. The molecule has 2 unspecified atom stereocenters. The molecule has 2 rings (SSSR count). The number of nitrogens with one attached hydrogen (secondary N) is 1. The molecule has 21 heavy (non-hydrogen) atoms. The van der Waals surface area contributed by atoms with E-state index in [4.69, 9.17) is 9.72 Å². The molecule has 0 radical (unpaired) electrons. The lowest BCUT2D eigenvalue weighted by Gasteiger charge is -2.21. The first kappa shape index (κ1) is 16.9. The van der Waals surface area contributed by atoms with Crippen LogP contribution in [-0.4, -0.2) is 24.7 Å². The summed E-state index contributed by atoms with van der Waals surface area (Å²) in [6.45, 7) is 9.48. The topological polar surface area (TPSA) is 34.1 Å². The third kappa shape index (κ3) is 4.51. The summed E-state index contributed by atoms with van der Waals surface area (Å²) in [6, 6.07) is 0. The van der Waals surface area contributed by atoms with Crippen LogP contribution in [0.25, 0.3) is 0 Å². The van der Waals surface area contributed by atoms with E-state index in [9.17, 15) is 0 Å². The smallest absolute Gasteiger partial charge is 0.122 e. The summed E-state index contributed by atoms with van der Waals surface area (Å²) < 4.78 is 5.91. The van der Waals surface area contributed by atoms with Crippen molar-refractivity contribution in [3.05, 3.63) is 15.6 Å². The molecular formula is C17H30N2OS. The maximum Gasteiger partial charge on any atom is 0.122 e. The Morgan fingerprint density at radius 2 is 2.19 bits per heavy atom. The Kier molecular flexibility index (Phi) is 7.14. The molecule has 1 aliphatic rings. The lowest BCUT2D eigenvalue weighted by Crippen LogP contribution is -2.24. The van der Waals surface area contributed by atoms with Gasteiger partial charge in [0.05, 0.1) is 5.69 Å². The van der Waals surface area contributed by atoms with Crippen molar-refractivity contribution in [1.82, 2.24) is 10.3 Å². The predicted octanol–water partition coefficient (Wildman–Crippen LogP) is 4.44. The van der Waals surface area contributed by atoms with Crippen molar-refractivity contribution in [2.45, 2.75) is 71.3 Å². The van der Waals surface area contributed by atoms with Crippen molar-refractivity contribution in [2.75, 3.05) is 19.7 Å². The molecule has 0 aromatic carbocycles. The lowest BCUT2D eigenvalue weighted by atomic mass is 9.91. The summed E-state index contributed by atoms with van der Waals surface area (Å²) in [5.41, 5.74) is 1.37. The third-order valence-electron chi connectivity index (χ3n) is 4.10. The standard InChI is InChI=1S/C17H30N2OS/c1-4-8-14(20-6-3)17-19-16-13(12-18-11-5-2)9-7-10-15(16)21-17/h13-14,18H,4-12H2,1-3H3. The van der Waals surface area contributed by atoms with Crippen LogP contribution in [0.2, 0.25) is 0 Å². The fourth-order valence-corrected chi connectivity index (χ4v) is 4.33. The molecule has 0 spiro atoms. The van der Waals surface area contributed by atoms with Crippen molar-refractivity contribution in [2.24, 2.45) is 0 Å². The number of nitrogens with zero attached hydrogens (tertiary/aromatic N) is 1. The number of fused-ring (bicyclic) bond motifs is 1. The molecule has 0 saturated carbocycles. The SMILES string of the molecule is CCCNCC1CCCc2sc(C(CCC)OCC)nc21. The molecular weight excluding hydrogens is 280 g/mol. The van der Waals surface area contributed by atoms with Gasteiger partial charge >= 0.3 is 0 Å². The van der Waals surface area contributed by atoms with E-state index in [1.165, 1.54) is 41.3 Å². The van der Waals surface area contributed by atoms with Gasteiger partial charge in [0.1, 0.15) is 11.1 Å². The highest BCUT2D eigenvalue weighted by molar-refractivity contribution is 7.11. The van der Waals surface area contributed by atoms with Crippen LogP contribution in [0.3, 0.4) is 0 Å². The molecule has 0 saturated heterocycles. The molecule has 1 aromatic heterocycles. The van der Waals surface area contributed by atoms with Crippen molar-refractivity contribution in [3.63, 3.8) is 0 Å². The van der Waals surface area contributed by atoms with E-state index in [2.05, 4.69) is 26.1 Å². The highest BCUT2D eigenvalue weighted by Crippen LogP contribution is 2.38.